The Hall–Kier alpha value is -2.41. The van der Waals surface area contributed by atoms with E-state index in [9.17, 15) is 9.59 Å². The van der Waals surface area contributed by atoms with Gasteiger partial charge < -0.3 is 10.2 Å². The second-order valence-electron chi connectivity index (χ2n) is 8.83. The molecular formula is C24H27ClN4O2. The van der Waals surface area contributed by atoms with Crippen molar-refractivity contribution < 1.29 is 9.59 Å². The first kappa shape index (κ1) is 20.5. The molecule has 31 heavy (non-hydrogen) atoms. The normalized spacial score (nSPS) is 22.9. The number of nitrogens with zero attached hydrogens (tertiary/aromatic N) is 1. The molecule has 2 aliphatic carbocycles. The number of rotatable bonds is 7. The van der Waals surface area contributed by atoms with Crippen molar-refractivity contribution in [1.29, 1.82) is 0 Å². The minimum atomic E-state index is -0.270. The van der Waals surface area contributed by atoms with Crippen LogP contribution in [-0.4, -0.2) is 34.8 Å². The van der Waals surface area contributed by atoms with Gasteiger partial charge in [-0.05, 0) is 67.5 Å². The zero-order valence-corrected chi connectivity index (χ0v) is 18.1. The van der Waals surface area contributed by atoms with Crippen molar-refractivity contribution in [3.8, 4) is 0 Å². The second-order valence-corrected chi connectivity index (χ2v) is 9.26. The Balaban J connectivity index is 1.22. The van der Waals surface area contributed by atoms with E-state index >= 15 is 0 Å². The van der Waals surface area contributed by atoms with Gasteiger partial charge in [-0.25, -0.2) is 10.9 Å². The van der Waals surface area contributed by atoms with Crippen LogP contribution >= 0.6 is 11.6 Å². The second kappa shape index (κ2) is 8.61. The van der Waals surface area contributed by atoms with Crippen LogP contribution in [0.3, 0.4) is 0 Å². The lowest BCUT2D eigenvalue weighted by Crippen LogP contribution is -2.46. The number of carbonyl (C=O) groups is 2. The molecule has 162 valence electrons. The Morgan fingerprint density at radius 3 is 2.48 bits per heavy atom. The van der Waals surface area contributed by atoms with Crippen molar-refractivity contribution >= 4 is 23.4 Å². The Kier molecular flexibility index (Phi) is 5.69. The van der Waals surface area contributed by atoms with Crippen LogP contribution in [0.5, 0.6) is 0 Å². The fraction of sp³-hybridized carbons (Fsp3) is 0.417. The summed E-state index contributed by atoms with van der Waals surface area (Å²) in [5.74, 6) is 0.104. The summed E-state index contributed by atoms with van der Waals surface area (Å²) in [5, 5.41) is 3.71. The predicted octanol–water partition coefficient (Wildman–Crippen LogP) is 3.33. The van der Waals surface area contributed by atoms with E-state index in [1.807, 2.05) is 53.4 Å². The standard InChI is InChI=1S/C24H27ClN4O2/c25-18-3-1-2-17(12-18)21-13-22(28-27-21)24(31)29(20-10-11-20)14-15-4-6-16(7-5-15)23(30)26-19-8-9-19/h1-7,12,19-22,27-28H,8-11,13-14H2,(H,26,30). The molecule has 2 unspecified atom stereocenters. The summed E-state index contributed by atoms with van der Waals surface area (Å²) in [6.07, 6.45) is 4.93. The van der Waals surface area contributed by atoms with Crippen LogP contribution in [0.25, 0.3) is 0 Å². The summed E-state index contributed by atoms with van der Waals surface area (Å²) < 4.78 is 0. The molecule has 0 aromatic heterocycles. The van der Waals surface area contributed by atoms with Gasteiger partial charge in [-0.3, -0.25) is 9.59 Å². The number of benzene rings is 2. The quantitative estimate of drug-likeness (QED) is 0.620. The SMILES string of the molecule is O=C(NC1CC1)c1ccc(CN(C(=O)C2CC(c3cccc(Cl)c3)NN2)C2CC2)cc1. The van der Waals surface area contributed by atoms with Crippen LogP contribution in [0.15, 0.2) is 48.5 Å². The van der Waals surface area contributed by atoms with Gasteiger partial charge in [-0.15, -0.1) is 0 Å². The highest BCUT2D eigenvalue weighted by Crippen LogP contribution is 2.31. The van der Waals surface area contributed by atoms with Crippen molar-refractivity contribution in [3.05, 3.63) is 70.2 Å². The smallest absolute Gasteiger partial charge is 0.251 e. The van der Waals surface area contributed by atoms with Crippen molar-refractivity contribution in [2.75, 3.05) is 0 Å². The largest absolute Gasteiger partial charge is 0.349 e. The molecule has 2 amide bonds. The van der Waals surface area contributed by atoms with Crippen LogP contribution in [-0.2, 0) is 11.3 Å². The van der Waals surface area contributed by atoms with E-state index in [2.05, 4.69) is 16.2 Å². The van der Waals surface area contributed by atoms with E-state index < -0.39 is 0 Å². The number of hydrogen-bond donors (Lipinski definition) is 3. The van der Waals surface area contributed by atoms with E-state index in [1.165, 1.54) is 0 Å². The van der Waals surface area contributed by atoms with E-state index in [0.29, 0.717) is 35.6 Å². The fourth-order valence-electron chi connectivity index (χ4n) is 4.09. The van der Waals surface area contributed by atoms with E-state index in [-0.39, 0.29) is 23.9 Å². The first-order valence-corrected chi connectivity index (χ1v) is 11.4. The topological polar surface area (TPSA) is 73.5 Å². The molecule has 3 N–H and O–H groups in total. The molecule has 1 aliphatic heterocycles. The lowest BCUT2D eigenvalue weighted by molar-refractivity contribution is -0.134. The number of halogens is 1. The highest BCUT2D eigenvalue weighted by Gasteiger charge is 2.39. The molecule has 2 atom stereocenters. The monoisotopic (exact) mass is 438 g/mol. The molecule has 2 aromatic carbocycles. The molecule has 6 nitrogen and oxygen atoms in total. The first-order chi connectivity index (χ1) is 15.1. The van der Waals surface area contributed by atoms with Crippen molar-refractivity contribution in [3.63, 3.8) is 0 Å². The minimum absolute atomic E-state index is 0.0162. The molecule has 5 rings (SSSR count). The molecule has 1 heterocycles. The first-order valence-electron chi connectivity index (χ1n) is 11.0. The zero-order valence-electron chi connectivity index (χ0n) is 17.3. The average Bonchev–Trinajstić information content (AvgIpc) is 3.71. The average molecular weight is 439 g/mol. The molecule has 0 radical (unpaired) electrons. The highest BCUT2D eigenvalue weighted by molar-refractivity contribution is 6.30. The Morgan fingerprint density at radius 1 is 1.03 bits per heavy atom. The van der Waals surface area contributed by atoms with Gasteiger partial charge in [-0.1, -0.05) is 35.9 Å². The molecule has 3 fully saturated rings. The number of hydrazine groups is 1. The molecule has 7 heteroatoms. The molecule has 3 aliphatic rings. The summed E-state index contributed by atoms with van der Waals surface area (Å²) in [6.45, 7) is 0.564. The molecule has 2 saturated carbocycles. The number of nitrogens with one attached hydrogen (secondary N) is 3. The van der Waals surface area contributed by atoms with Crippen molar-refractivity contribution in [1.82, 2.24) is 21.1 Å². The van der Waals surface area contributed by atoms with Crippen LogP contribution in [0.1, 0.15) is 59.6 Å². The van der Waals surface area contributed by atoms with Crippen LogP contribution < -0.4 is 16.2 Å². The van der Waals surface area contributed by atoms with Gasteiger partial charge in [0, 0.05) is 35.3 Å². The zero-order chi connectivity index (χ0) is 21.4. The van der Waals surface area contributed by atoms with Gasteiger partial charge in [0.1, 0.15) is 6.04 Å². The van der Waals surface area contributed by atoms with Gasteiger partial charge in [0.15, 0.2) is 0 Å². The van der Waals surface area contributed by atoms with Crippen LogP contribution in [0.2, 0.25) is 5.02 Å². The van der Waals surface area contributed by atoms with Crippen molar-refractivity contribution in [2.24, 2.45) is 0 Å². The minimum Gasteiger partial charge on any atom is -0.349 e. The maximum Gasteiger partial charge on any atom is 0.251 e. The van der Waals surface area contributed by atoms with Gasteiger partial charge in [-0.2, -0.15) is 0 Å². The molecule has 0 bridgehead atoms. The number of hydrogen-bond acceptors (Lipinski definition) is 4. The summed E-state index contributed by atoms with van der Waals surface area (Å²) in [4.78, 5) is 27.5. The van der Waals surface area contributed by atoms with E-state index in [4.69, 9.17) is 11.6 Å². The summed E-state index contributed by atoms with van der Waals surface area (Å²) >= 11 is 6.12. The van der Waals surface area contributed by atoms with Crippen LogP contribution in [0, 0.1) is 0 Å². The Morgan fingerprint density at radius 2 is 1.81 bits per heavy atom. The summed E-state index contributed by atoms with van der Waals surface area (Å²) in [5.41, 5.74) is 9.22. The number of carbonyl (C=O) groups excluding carboxylic acids is 2. The van der Waals surface area contributed by atoms with Gasteiger partial charge in [0.05, 0.1) is 0 Å². The van der Waals surface area contributed by atoms with Gasteiger partial charge in [0.2, 0.25) is 5.91 Å². The van der Waals surface area contributed by atoms with E-state index in [1.54, 1.807) is 0 Å². The van der Waals surface area contributed by atoms with Crippen LogP contribution in [0.4, 0.5) is 0 Å². The van der Waals surface area contributed by atoms with E-state index in [0.717, 1.165) is 36.8 Å². The maximum atomic E-state index is 13.3. The highest BCUT2D eigenvalue weighted by atomic mass is 35.5. The van der Waals surface area contributed by atoms with Gasteiger partial charge >= 0.3 is 0 Å². The predicted molar refractivity (Wildman–Crippen MR) is 119 cm³/mol. The third-order valence-corrected chi connectivity index (χ3v) is 6.44. The molecular weight excluding hydrogens is 412 g/mol. The Bertz CT molecular complexity index is 972. The third-order valence-electron chi connectivity index (χ3n) is 6.20. The summed E-state index contributed by atoms with van der Waals surface area (Å²) in [7, 11) is 0. The third kappa shape index (κ3) is 4.92. The lowest BCUT2D eigenvalue weighted by Gasteiger charge is -2.25. The Labute approximate surface area is 187 Å². The molecule has 1 saturated heterocycles. The molecule has 2 aromatic rings. The van der Waals surface area contributed by atoms with Gasteiger partial charge in [0.25, 0.3) is 5.91 Å². The van der Waals surface area contributed by atoms with Crippen molar-refractivity contribution in [2.45, 2.75) is 62.8 Å². The fourth-order valence-corrected chi connectivity index (χ4v) is 4.29. The lowest BCUT2D eigenvalue weighted by atomic mass is 10.0. The number of amides is 2. The maximum absolute atomic E-state index is 13.3. The molecule has 0 spiro atoms. The summed E-state index contributed by atoms with van der Waals surface area (Å²) in [6, 6.07) is 15.8.